The molecule has 0 aliphatic rings. The summed E-state index contributed by atoms with van der Waals surface area (Å²) in [6.07, 6.45) is 5.18. The predicted octanol–water partition coefficient (Wildman–Crippen LogP) is 5.44. The van der Waals surface area contributed by atoms with E-state index >= 15 is 0 Å². The monoisotopic (exact) mass is 386 g/mol. The van der Waals surface area contributed by atoms with E-state index in [1.807, 2.05) is 37.3 Å². The maximum Gasteiger partial charge on any atom is 0.345 e. The minimum atomic E-state index is -0.453. The summed E-state index contributed by atoms with van der Waals surface area (Å²) >= 11 is 1.30. The molecule has 0 bridgehead atoms. The molecule has 0 fully saturated rings. The van der Waals surface area contributed by atoms with Crippen LogP contribution in [0.2, 0.25) is 0 Å². The van der Waals surface area contributed by atoms with Gasteiger partial charge in [0.15, 0.2) is 0 Å². The van der Waals surface area contributed by atoms with E-state index in [4.69, 9.17) is 8.83 Å². The number of aryl methyl sites for hydroxylation is 1. The molecule has 28 heavy (non-hydrogen) atoms. The van der Waals surface area contributed by atoms with Gasteiger partial charge in [0.2, 0.25) is 0 Å². The molecule has 0 atom stereocenters. The lowest BCUT2D eigenvalue weighted by Gasteiger charge is -1.99. The van der Waals surface area contributed by atoms with E-state index < -0.39 is 5.63 Å². The number of benzene rings is 1. The van der Waals surface area contributed by atoms with Crippen molar-refractivity contribution >= 4 is 34.0 Å². The van der Waals surface area contributed by atoms with E-state index in [-0.39, 0.29) is 0 Å². The van der Waals surface area contributed by atoms with Crippen LogP contribution in [-0.2, 0) is 0 Å². The molecule has 1 aromatic carbocycles. The summed E-state index contributed by atoms with van der Waals surface area (Å²) in [7, 11) is 0. The number of nitriles is 1. The first kappa shape index (κ1) is 17.7. The molecule has 5 nitrogen and oxygen atoms in total. The van der Waals surface area contributed by atoms with Crippen molar-refractivity contribution in [3.8, 4) is 17.3 Å². The van der Waals surface area contributed by atoms with Crippen molar-refractivity contribution in [1.82, 2.24) is 4.98 Å². The van der Waals surface area contributed by atoms with Crippen LogP contribution in [0.25, 0.3) is 33.9 Å². The third-order valence-electron chi connectivity index (χ3n) is 4.06. The number of hydrogen-bond acceptors (Lipinski definition) is 6. The first-order chi connectivity index (χ1) is 13.6. The smallest absolute Gasteiger partial charge is 0.345 e. The van der Waals surface area contributed by atoms with Crippen LogP contribution in [0.4, 0.5) is 0 Å². The number of allylic oxidation sites excluding steroid dienone is 3. The van der Waals surface area contributed by atoms with Crippen LogP contribution in [0.1, 0.15) is 16.5 Å². The molecule has 0 spiro atoms. The molecule has 0 saturated heterocycles. The van der Waals surface area contributed by atoms with Gasteiger partial charge in [-0.05, 0) is 43.3 Å². The average molecular weight is 386 g/mol. The maximum atomic E-state index is 12.3. The second-order valence-corrected chi connectivity index (χ2v) is 6.88. The first-order valence-electron chi connectivity index (χ1n) is 8.48. The minimum Gasteiger partial charge on any atom is -0.462 e. The van der Waals surface area contributed by atoms with E-state index in [1.54, 1.807) is 35.7 Å². The molecule has 4 rings (SSSR count). The Balaban J connectivity index is 1.65. The van der Waals surface area contributed by atoms with E-state index in [9.17, 15) is 10.1 Å². The van der Waals surface area contributed by atoms with Gasteiger partial charge in [0.1, 0.15) is 28.2 Å². The maximum absolute atomic E-state index is 12.3. The van der Waals surface area contributed by atoms with Crippen molar-refractivity contribution in [2.75, 3.05) is 0 Å². The van der Waals surface area contributed by atoms with E-state index in [0.717, 1.165) is 11.1 Å². The van der Waals surface area contributed by atoms with Crippen LogP contribution in [0.3, 0.4) is 0 Å². The quantitative estimate of drug-likeness (QED) is 0.265. The molecule has 0 aliphatic carbocycles. The summed E-state index contributed by atoms with van der Waals surface area (Å²) in [6.45, 7) is 1.87. The Morgan fingerprint density at radius 2 is 2.07 bits per heavy atom. The summed E-state index contributed by atoms with van der Waals surface area (Å²) in [5, 5.41) is 12.6. The summed E-state index contributed by atoms with van der Waals surface area (Å²) in [4.78, 5) is 16.8. The Morgan fingerprint density at radius 1 is 1.21 bits per heavy atom. The van der Waals surface area contributed by atoms with E-state index in [0.29, 0.717) is 33.2 Å². The number of furan rings is 1. The lowest BCUT2D eigenvalue weighted by Crippen LogP contribution is -2.02. The highest BCUT2D eigenvalue weighted by Gasteiger charge is 2.13. The van der Waals surface area contributed by atoms with Gasteiger partial charge in [0.25, 0.3) is 0 Å². The minimum absolute atomic E-state index is 0.375. The van der Waals surface area contributed by atoms with Gasteiger partial charge in [-0.25, -0.2) is 9.78 Å². The van der Waals surface area contributed by atoms with Gasteiger partial charge in [0, 0.05) is 10.8 Å². The number of rotatable bonds is 4. The molecule has 0 unspecified atom stereocenters. The molecule has 136 valence electrons. The zero-order valence-corrected chi connectivity index (χ0v) is 15.7. The molecular formula is C22H14N2O3S. The fourth-order valence-electron chi connectivity index (χ4n) is 2.70. The Hall–Kier alpha value is -3.69. The molecule has 0 radical (unpaired) electrons. The Morgan fingerprint density at radius 3 is 2.86 bits per heavy atom. The summed E-state index contributed by atoms with van der Waals surface area (Å²) in [5.74, 6) is 1.53. The van der Waals surface area contributed by atoms with Gasteiger partial charge in [-0.3, -0.25) is 0 Å². The Labute approximate surface area is 164 Å². The summed E-state index contributed by atoms with van der Waals surface area (Å²) < 4.78 is 10.8. The first-order valence-corrected chi connectivity index (χ1v) is 9.36. The van der Waals surface area contributed by atoms with Crippen molar-refractivity contribution in [3.05, 3.63) is 86.9 Å². The highest BCUT2D eigenvalue weighted by molar-refractivity contribution is 7.11. The predicted molar refractivity (Wildman–Crippen MR) is 110 cm³/mol. The highest BCUT2D eigenvalue weighted by Crippen LogP contribution is 2.26. The lowest BCUT2D eigenvalue weighted by atomic mass is 10.1. The SMILES string of the molecule is Cc1ccc(/C=C/C=C(\C#N)c2nc(-c3cc4ccccc4oc3=O)cs2)o1. The van der Waals surface area contributed by atoms with Crippen LogP contribution in [0.5, 0.6) is 0 Å². The number of hydrogen-bond donors (Lipinski definition) is 0. The van der Waals surface area contributed by atoms with Crippen molar-refractivity contribution in [2.24, 2.45) is 0 Å². The molecule has 0 N–H and O–H groups in total. The zero-order chi connectivity index (χ0) is 19.5. The number of nitrogens with zero attached hydrogens (tertiary/aromatic N) is 2. The third kappa shape index (κ3) is 3.56. The molecule has 0 saturated carbocycles. The fraction of sp³-hybridized carbons (Fsp3) is 0.0455. The molecule has 0 aliphatic heterocycles. The molecule has 3 aromatic heterocycles. The Kier molecular flexibility index (Phi) is 4.75. The van der Waals surface area contributed by atoms with E-state index in [1.165, 1.54) is 11.3 Å². The number of fused-ring (bicyclic) bond motifs is 1. The zero-order valence-electron chi connectivity index (χ0n) is 14.9. The van der Waals surface area contributed by atoms with Crippen molar-refractivity contribution < 1.29 is 8.83 Å². The standard InChI is InChI=1S/C22H14N2O3S/c1-14-9-10-17(26-14)7-4-6-16(12-23)21-24-19(13-28-21)18-11-15-5-2-3-8-20(15)27-22(18)25/h2-11,13H,1H3/b7-4+,16-6+. The van der Waals surface area contributed by atoms with Crippen molar-refractivity contribution in [3.63, 3.8) is 0 Å². The van der Waals surface area contributed by atoms with Crippen LogP contribution in [-0.4, -0.2) is 4.98 Å². The van der Waals surface area contributed by atoms with Crippen molar-refractivity contribution in [2.45, 2.75) is 6.92 Å². The third-order valence-corrected chi connectivity index (χ3v) is 4.93. The number of aromatic nitrogens is 1. The molecule has 0 amide bonds. The topological polar surface area (TPSA) is 80.0 Å². The number of para-hydroxylation sites is 1. The second-order valence-electron chi connectivity index (χ2n) is 6.02. The second kappa shape index (κ2) is 7.51. The molecule has 6 heteroatoms. The van der Waals surface area contributed by atoms with Gasteiger partial charge >= 0.3 is 5.63 Å². The van der Waals surface area contributed by atoms with Gasteiger partial charge in [-0.15, -0.1) is 11.3 Å². The molecule has 3 heterocycles. The summed E-state index contributed by atoms with van der Waals surface area (Å²) in [6, 6.07) is 14.9. The Bertz CT molecular complexity index is 1320. The van der Waals surface area contributed by atoms with Gasteiger partial charge in [-0.2, -0.15) is 5.26 Å². The number of thiazole rings is 1. The normalized spacial score (nSPS) is 11.9. The van der Waals surface area contributed by atoms with Crippen LogP contribution in [0.15, 0.2) is 73.6 Å². The highest BCUT2D eigenvalue weighted by atomic mass is 32.1. The summed E-state index contributed by atoms with van der Waals surface area (Å²) in [5.41, 5.74) is 1.35. The average Bonchev–Trinajstić information content (AvgIpc) is 3.34. The van der Waals surface area contributed by atoms with Gasteiger partial charge < -0.3 is 8.83 Å². The molecular weight excluding hydrogens is 372 g/mol. The van der Waals surface area contributed by atoms with Gasteiger partial charge in [0.05, 0.1) is 16.8 Å². The van der Waals surface area contributed by atoms with Gasteiger partial charge in [-0.1, -0.05) is 24.3 Å². The van der Waals surface area contributed by atoms with Crippen LogP contribution in [0, 0.1) is 18.3 Å². The van der Waals surface area contributed by atoms with Crippen molar-refractivity contribution in [1.29, 1.82) is 5.26 Å². The van der Waals surface area contributed by atoms with Crippen LogP contribution < -0.4 is 5.63 Å². The van der Waals surface area contributed by atoms with E-state index in [2.05, 4.69) is 11.1 Å². The fourth-order valence-corrected chi connectivity index (χ4v) is 3.49. The lowest BCUT2D eigenvalue weighted by molar-refractivity contribution is 0.525. The largest absolute Gasteiger partial charge is 0.462 e. The molecule has 4 aromatic rings. The van der Waals surface area contributed by atoms with Crippen LogP contribution >= 0.6 is 11.3 Å².